The number of alkyl carbamates (subject to hydrolysis) is 1. The summed E-state index contributed by atoms with van der Waals surface area (Å²) in [5, 5.41) is 6.85. The summed E-state index contributed by atoms with van der Waals surface area (Å²) < 4.78 is 39.8. The minimum atomic E-state index is -3.88. The first-order valence-corrected chi connectivity index (χ1v) is 20.1. The van der Waals surface area contributed by atoms with Crippen LogP contribution < -0.4 is 20.1 Å². The number of nitrogens with one attached hydrogen (secondary N) is 3. The molecule has 4 fully saturated rings. The van der Waals surface area contributed by atoms with Gasteiger partial charge in [-0.3, -0.25) is 19.1 Å². The Kier molecular flexibility index (Phi) is 9.72. The van der Waals surface area contributed by atoms with Gasteiger partial charge in [-0.25, -0.2) is 18.2 Å². The number of rotatable bonds is 7. The van der Waals surface area contributed by atoms with E-state index < -0.39 is 68.7 Å². The quantitative estimate of drug-likeness (QED) is 0.357. The van der Waals surface area contributed by atoms with Crippen molar-refractivity contribution in [1.29, 1.82) is 0 Å². The molecule has 280 valence electrons. The Morgan fingerprint density at radius 1 is 1.10 bits per heavy atom. The van der Waals surface area contributed by atoms with Crippen molar-refractivity contribution in [3.8, 4) is 5.88 Å². The Bertz CT molecular complexity index is 1870. The smallest absolute Gasteiger partial charge is 0.407 e. The van der Waals surface area contributed by atoms with Crippen LogP contribution in [-0.4, -0.2) is 84.2 Å². The minimum absolute atomic E-state index is 0.0296. The lowest BCUT2D eigenvalue weighted by atomic mass is 9.87. The summed E-state index contributed by atoms with van der Waals surface area (Å²) in [6.07, 6.45) is 8.84. The molecule has 14 heteroatoms. The van der Waals surface area contributed by atoms with Gasteiger partial charge in [0.25, 0.3) is 5.91 Å². The van der Waals surface area contributed by atoms with Gasteiger partial charge in [-0.15, -0.1) is 6.58 Å². The molecular formula is C38H49N5O8S. The number of fused-ring (bicyclic) bond motifs is 3. The van der Waals surface area contributed by atoms with Crippen molar-refractivity contribution in [3.63, 3.8) is 0 Å². The van der Waals surface area contributed by atoms with Gasteiger partial charge in [-0.2, -0.15) is 0 Å². The number of hydrogen-bond acceptors (Lipinski definition) is 9. The number of benzene rings is 1. The van der Waals surface area contributed by atoms with Gasteiger partial charge >= 0.3 is 6.09 Å². The monoisotopic (exact) mass is 735 g/mol. The number of amides is 4. The zero-order valence-corrected chi connectivity index (χ0v) is 30.7. The van der Waals surface area contributed by atoms with Gasteiger partial charge < -0.3 is 25.0 Å². The van der Waals surface area contributed by atoms with Gasteiger partial charge in [0, 0.05) is 23.9 Å². The number of pyridine rings is 1. The van der Waals surface area contributed by atoms with Crippen molar-refractivity contribution >= 4 is 44.6 Å². The molecule has 3 heterocycles. The number of aromatic nitrogens is 1. The zero-order chi connectivity index (χ0) is 36.8. The first-order valence-electron chi connectivity index (χ1n) is 18.6. The van der Waals surface area contributed by atoms with E-state index in [1.165, 1.54) is 11.0 Å². The molecule has 1 saturated heterocycles. The Hall–Kier alpha value is -4.20. The molecule has 4 amide bonds. The molecule has 0 radical (unpaired) electrons. The molecule has 1 aromatic carbocycles. The molecule has 7 rings (SSSR count). The second-order valence-corrected chi connectivity index (χ2v) is 18.1. The van der Waals surface area contributed by atoms with Gasteiger partial charge in [0.05, 0.1) is 18.4 Å². The standard InChI is InChI=1S/C38H49N5O8S/c1-4-26-20-38(26,35(46)42-52(48,49)28-13-14-28)41-32(44)30-19-27-21-43(30)34(45)31(25-9-5-6-10-25)40-36(47)50-22-37(2,3)16-7-8-23-11-12-24-15-17-39-33(51-27)29(24)18-23/h4,11-12,15,17-18,25-28,30-31H,1,5-10,13-14,16,19-22H2,2-3H3,(H,40,47)(H,41,44)(H,42,46)/t26-,27+,30+,31+,38-/m1/s1. The number of sulfonamides is 1. The Morgan fingerprint density at radius 2 is 1.87 bits per heavy atom. The maximum absolute atomic E-state index is 14.6. The molecule has 4 bridgehead atoms. The van der Waals surface area contributed by atoms with Crippen LogP contribution in [0.25, 0.3) is 10.8 Å². The lowest BCUT2D eigenvalue weighted by Crippen LogP contribution is -2.59. The van der Waals surface area contributed by atoms with Crippen LogP contribution in [0.1, 0.15) is 83.6 Å². The van der Waals surface area contributed by atoms with E-state index in [0.29, 0.717) is 18.7 Å². The maximum Gasteiger partial charge on any atom is 0.407 e. The Labute approximate surface area is 304 Å². The van der Waals surface area contributed by atoms with E-state index in [1.807, 2.05) is 26.0 Å². The predicted molar refractivity (Wildman–Crippen MR) is 192 cm³/mol. The highest BCUT2D eigenvalue weighted by molar-refractivity contribution is 7.91. The number of hydrogen-bond donors (Lipinski definition) is 3. The molecule has 13 nitrogen and oxygen atoms in total. The molecule has 1 aromatic heterocycles. The fourth-order valence-electron chi connectivity index (χ4n) is 8.11. The number of aryl methyl sites for hydroxylation is 1. The van der Waals surface area contributed by atoms with Gasteiger partial charge in [0.15, 0.2) is 0 Å². The van der Waals surface area contributed by atoms with E-state index >= 15 is 0 Å². The van der Waals surface area contributed by atoms with Crippen LogP contribution in [0.3, 0.4) is 0 Å². The largest absolute Gasteiger partial charge is 0.472 e. The lowest BCUT2D eigenvalue weighted by Gasteiger charge is -2.32. The van der Waals surface area contributed by atoms with E-state index in [4.69, 9.17) is 9.47 Å². The van der Waals surface area contributed by atoms with Crippen LogP contribution in [-0.2, 0) is 35.6 Å². The van der Waals surface area contributed by atoms with Crippen LogP contribution in [0.4, 0.5) is 4.79 Å². The van der Waals surface area contributed by atoms with Gasteiger partial charge in [-0.1, -0.05) is 44.9 Å². The minimum Gasteiger partial charge on any atom is -0.472 e. The van der Waals surface area contributed by atoms with Gasteiger partial charge in [0.2, 0.25) is 27.7 Å². The van der Waals surface area contributed by atoms with Crippen LogP contribution >= 0.6 is 0 Å². The normalized spacial score (nSPS) is 29.7. The van der Waals surface area contributed by atoms with Crippen molar-refractivity contribution in [2.24, 2.45) is 17.3 Å². The molecule has 0 spiro atoms. The van der Waals surface area contributed by atoms with Crippen molar-refractivity contribution < 1.29 is 37.1 Å². The number of ether oxygens (including phenoxy) is 2. The third kappa shape index (κ3) is 7.49. The van der Waals surface area contributed by atoms with Crippen LogP contribution in [0.5, 0.6) is 5.88 Å². The molecule has 3 saturated carbocycles. The highest BCUT2D eigenvalue weighted by atomic mass is 32.2. The molecule has 5 aliphatic rings. The lowest BCUT2D eigenvalue weighted by molar-refractivity contribution is -0.142. The summed E-state index contributed by atoms with van der Waals surface area (Å²) >= 11 is 0. The number of nitrogens with zero attached hydrogens (tertiary/aromatic N) is 2. The second kappa shape index (κ2) is 14.0. The van der Waals surface area contributed by atoms with Crippen molar-refractivity contribution in [2.75, 3.05) is 13.2 Å². The number of carbonyl (C=O) groups excluding carboxylic acids is 4. The molecule has 2 aromatic rings. The summed E-state index contributed by atoms with van der Waals surface area (Å²) in [7, 11) is -3.88. The van der Waals surface area contributed by atoms with E-state index in [9.17, 15) is 27.6 Å². The molecule has 2 aliphatic heterocycles. The molecule has 3 N–H and O–H groups in total. The maximum atomic E-state index is 14.6. The Balaban J connectivity index is 1.21. The van der Waals surface area contributed by atoms with Crippen LogP contribution in [0.15, 0.2) is 43.1 Å². The van der Waals surface area contributed by atoms with Gasteiger partial charge in [-0.05, 0) is 85.8 Å². The summed E-state index contributed by atoms with van der Waals surface area (Å²) in [5.74, 6) is -2.12. The molecular weight excluding hydrogens is 687 g/mol. The average Bonchev–Trinajstić information content (AvgIpc) is 3.98. The fourth-order valence-corrected chi connectivity index (χ4v) is 9.48. The van der Waals surface area contributed by atoms with E-state index in [2.05, 4.69) is 39.1 Å². The fraction of sp³-hybridized carbons (Fsp3) is 0.605. The van der Waals surface area contributed by atoms with Crippen molar-refractivity contribution in [3.05, 3.63) is 48.7 Å². The van der Waals surface area contributed by atoms with Crippen molar-refractivity contribution in [1.82, 2.24) is 25.2 Å². The third-order valence-electron chi connectivity index (χ3n) is 11.5. The average molecular weight is 736 g/mol. The SMILES string of the molecule is C=C[C@@H]1C[C@]1(NC(=O)[C@@H]1C[C@H]2CN1C(=O)[C@H](C1CCCC1)NC(=O)OCC(C)(C)CCCc1ccc3ccnc(c3c1)O2)C(=O)NS(=O)(=O)C1CC1. The highest BCUT2D eigenvalue weighted by Crippen LogP contribution is 2.45. The van der Waals surface area contributed by atoms with Gasteiger partial charge in [0.1, 0.15) is 23.7 Å². The van der Waals surface area contributed by atoms with Crippen LogP contribution in [0, 0.1) is 17.3 Å². The highest BCUT2D eigenvalue weighted by Gasteiger charge is 2.62. The van der Waals surface area contributed by atoms with E-state index in [-0.39, 0.29) is 37.3 Å². The summed E-state index contributed by atoms with van der Waals surface area (Å²) in [5.41, 5.74) is -0.720. The number of carbonyl (C=O) groups is 4. The summed E-state index contributed by atoms with van der Waals surface area (Å²) in [6, 6.07) is 6.07. The van der Waals surface area contributed by atoms with E-state index in [1.54, 1.807) is 6.20 Å². The van der Waals surface area contributed by atoms with Crippen LogP contribution in [0.2, 0.25) is 0 Å². The predicted octanol–water partition coefficient (Wildman–Crippen LogP) is 3.90. The summed E-state index contributed by atoms with van der Waals surface area (Å²) in [4.78, 5) is 61.8. The molecule has 52 heavy (non-hydrogen) atoms. The Morgan fingerprint density at radius 3 is 2.58 bits per heavy atom. The zero-order valence-electron chi connectivity index (χ0n) is 29.9. The summed E-state index contributed by atoms with van der Waals surface area (Å²) in [6.45, 7) is 8.09. The first kappa shape index (κ1) is 36.2. The molecule has 0 unspecified atom stereocenters. The molecule has 5 atom stereocenters. The molecule has 3 aliphatic carbocycles. The second-order valence-electron chi connectivity index (χ2n) is 16.1. The third-order valence-corrected chi connectivity index (χ3v) is 13.3. The topological polar surface area (TPSA) is 173 Å². The van der Waals surface area contributed by atoms with Crippen molar-refractivity contribution in [2.45, 2.75) is 113 Å². The van der Waals surface area contributed by atoms with E-state index in [0.717, 1.165) is 61.3 Å². The number of cyclic esters (lactones) is 1. The first-order chi connectivity index (χ1) is 24.8.